The molecule has 0 aliphatic rings. The van der Waals surface area contributed by atoms with Crippen molar-refractivity contribution in [3.8, 4) is 17.0 Å². The largest absolute Gasteiger partial charge is 0.507 e. The second kappa shape index (κ2) is 7.70. The van der Waals surface area contributed by atoms with Crippen LogP contribution >= 0.6 is 0 Å². The summed E-state index contributed by atoms with van der Waals surface area (Å²) in [6.45, 7) is 6.11. The number of nitrogens with zero attached hydrogens (tertiary/aromatic N) is 2. The maximum atomic E-state index is 14.4. The van der Waals surface area contributed by atoms with E-state index in [-0.39, 0.29) is 11.4 Å². The first-order valence-electron chi connectivity index (χ1n) is 9.65. The normalized spacial score (nSPS) is 12.3. The maximum absolute atomic E-state index is 14.4. The first-order valence-corrected chi connectivity index (χ1v) is 9.65. The van der Waals surface area contributed by atoms with E-state index in [1.165, 1.54) is 24.6 Å². The molecule has 0 saturated carbocycles. The van der Waals surface area contributed by atoms with Crippen LogP contribution in [0.1, 0.15) is 43.2 Å². The molecule has 0 fully saturated rings. The smallest absolute Gasteiger partial charge is 0.288 e. The third-order valence-electron chi connectivity index (χ3n) is 5.04. The predicted octanol–water partition coefficient (Wildman–Crippen LogP) is 6.03. The van der Waals surface area contributed by atoms with Crippen LogP contribution in [0.4, 0.5) is 18.9 Å². The lowest BCUT2D eigenvalue weighted by molar-refractivity contribution is 0.0122. The molecular formula is C23H26F3N3O. The minimum Gasteiger partial charge on any atom is -0.507 e. The van der Waals surface area contributed by atoms with E-state index in [0.29, 0.717) is 23.4 Å². The van der Waals surface area contributed by atoms with Gasteiger partial charge in [0.1, 0.15) is 17.1 Å². The number of aryl methyl sites for hydroxylation is 2. The number of phenols is 1. The number of aromatic hydroxyl groups is 1. The third kappa shape index (κ3) is 4.61. The summed E-state index contributed by atoms with van der Waals surface area (Å²) < 4.78 is 42.8. The zero-order chi connectivity index (χ0) is 22.3. The number of hydrogen-bond acceptors (Lipinski definition) is 3. The highest BCUT2D eigenvalue weighted by Crippen LogP contribution is 2.34. The van der Waals surface area contributed by atoms with Crippen LogP contribution < -0.4 is 5.32 Å². The first kappa shape index (κ1) is 21.7. The Morgan fingerprint density at radius 3 is 2.30 bits per heavy atom. The molecule has 1 heterocycles. The SMILES string of the molecule is Cc1ccc(NCc2ccc(-c3cc(C(C)(F)F)nn3C)c(O)c2)cc1C(C)(C)F. The van der Waals surface area contributed by atoms with Crippen molar-refractivity contribution in [1.82, 2.24) is 9.78 Å². The van der Waals surface area contributed by atoms with Crippen LogP contribution in [0, 0.1) is 6.92 Å². The molecule has 2 aromatic carbocycles. The number of halogens is 3. The van der Waals surface area contributed by atoms with E-state index in [4.69, 9.17) is 0 Å². The Labute approximate surface area is 174 Å². The zero-order valence-corrected chi connectivity index (χ0v) is 17.7. The van der Waals surface area contributed by atoms with Gasteiger partial charge >= 0.3 is 0 Å². The van der Waals surface area contributed by atoms with Crippen molar-refractivity contribution in [2.75, 3.05) is 5.32 Å². The summed E-state index contributed by atoms with van der Waals surface area (Å²) in [5, 5.41) is 17.5. The average Bonchev–Trinajstić information content (AvgIpc) is 3.02. The molecule has 0 aliphatic heterocycles. The molecule has 2 N–H and O–H groups in total. The van der Waals surface area contributed by atoms with Gasteiger partial charge in [-0.2, -0.15) is 13.9 Å². The molecule has 0 aliphatic carbocycles. The molecule has 0 bridgehead atoms. The van der Waals surface area contributed by atoms with E-state index in [1.807, 2.05) is 19.1 Å². The maximum Gasteiger partial charge on any atom is 0.288 e. The van der Waals surface area contributed by atoms with Crippen molar-refractivity contribution >= 4 is 5.69 Å². The minimum absolute atomic E-state index is 0.0299. The molecule has 7 heteroatoms. The Bertz CT molecular complexity index is 1060. The Morgan fingerprint density at radius 2 is 1.73 bits per heavy atom. The summed E-state index contributed by atoms with van der Waals surface area (Å²) >= 11 is 0. The van der Waals surface area contributed by atoms with Gasteiger partial charge in [-0.15, -0.1) is 0 Å². The number of aromatic nitrogens is 2. The highest BCUT2D eigenvalue weighted by Gasteiger charge is 2.29. The van der Waals surface area contributed by atoms with Crippen molar-refractivity contribution in [1.29, 1.82) is 0 Å². The van der Waals surface area contributed by atoms with Gasteiger partial charge in [-0.25, -0.2) is 4.39 Å². The zero-order valence-electron chi connectivity index (χ0n) is 17.7. The lowest BCUT2D eigenvalue weighted by atomic mass is 9.95. The summed E-state index contributed by atoms with van der Waals surface area (Å²) in [6, 6.07) is 11.8. The molecule has 30 heavy (non-hydrogen) atoms. The van der Waals surface area contributed by atoms with Crippen LogP contribution in [0.3, 0.4) is 0 Å². The van der Waals surface area contributed by atoms with Gasteiger partial charge in [0.05, 0.1) is 5.69 Å². The van der Waals surface area contributed by atoms with E-state index in [2.05, 4.69) is 10.4 Å². The van der Waals surface area contributed by atoms with Crippen LogP contribution in [0.5, 0.6) is 5.75 Å². The minimum atomic E-state index is -3.06. The molecule has 1 aromatic heterocycles. The highest BCUT2D eigenvalue weighted by atomic mass is 19.3. The lowest BCUT2D eigenvalue weighted by Crippen LogP contribution is -2.12. The van der Waals surface area contributed by atoms with Gasteiger partial charge in [0, 0.05) is 31.8 Å². The average molecular weight is 417 g/mol. The van der Waals surface area contributed by atoms with Crippen LogP contribution in [0.2, 0.25) is 0 Å². The van der Waals surface area contributed by atoms with Gasteiger partial charge in [-0.3, -0.25) is 4.68 Å². The molecule has 0 unspecified atom stereocenters. The Kier molecular flexibility index (Phi) is 5.58. The van der Waals surface area contributed by atoms with Gasteiger partial charge in [0.15, 0.2) is 0 Å². The van der Waals surface area contributed by atoms with Crippen molar-refractivity contribution in [2.45, 2.75) is 45.8 Å². The van der Waals surface area contributed by atoms with Crippen molar-refractivity contribution in [2.24, 2.45) is 7.05 Å². The molecule has 160 valence electrons. The van der Waals surface area contributed by atoms with E-state index >= 15 is 0 Å². The van der Waals surface area contributed by atoms with Crippen molar-refractivity contribution in [3.05, 3.63) is 64.8 Å². The molecule has 0 atom stereocenters. The van der Waals surface area contributed by atoms with Gasteiger partial charge in [-0.05, 0) is 67.8 Å². The van der Waals surface area contributed by atoms with Gasteiger partial charge in [0.2, 0.25) is 0 Å². The quantitative estimate of drug-likeness (QED) is 0.515. The van der Waals surface area contributed by atoms with Crippen LogP contribution in [-0.4, -0.2) is 14.9 Å². The summed E-state index contributed by atoms with van der Waals surface area (Å²) in [7, 11) is 1.56. The van der Waals surface area contributed by atoms with Gasteiger partial charge in [-0.1, -0.05) is 12.1 Å². The molecule has 0 saturated heterocycles. The monoisotopic (exact) mass is 417 g/mol. The van der Waals surface area contributed by atoms with Gasteiger partial charge in [0.25, 0.3) is 5.92 Å². The van der Waals surface area contributed by atoms with E-state index < -0.39 is 11.6 Å². The van der Waals surface area contributed by atoms with E-state index in [0.717, 1.165) is 23.7 Å². The fourth-order valence-electron chi connectivity index (χ4n) is 3.41. The van der Waals surface area contributed by atoms with Crippen LogP contribution in [-0.2, 0) is 25.2 Å². The number of hydrogen-bond donors (Lipinski definition) is 2. The summed E-state index contributed by atoms with van der Waals surface area (Å²) in [5.41, 5.74) is 2.08. The second-order valence-corrected chi connectivity index (χ2v) is 8.13. The number of alkyl halides is 3. The summed E-state index contributed by atoms with van der Waals surface area (Å²) in [4.78, 5) is 0. The molecular weight excluding hydrogens is 391 g/mol. The molecule has 0 spiro atoms. The van der Waals surface area contributed by atoms with Crippen LogP contribution in [0.25, 0.3) is 11.3 Å². The molecule has 4 nitrogen and oxygen atoms in total. The Morgan fingerprint density at radius 1 is 1.03 bits per heavy atom. The predicted molar refractivity (Wildman–Crippen MR) is 113 cm³/mol. The number of rotatable bonds is 6. The van der Waals surface area contributed by atoms with E-state index in [9.17, 15) is 18.3 Å². The van der Waals surface area contributed by atoms with Gasteiger partial charge < -0.3 is 10.4 Å². The molecule has 0 radical (unpaired) electrons. The van der Waals surface area contributed by atoms with Crippen LogP contribution in [0.15, 0.2) is 42.5 Å². The number of phenolic OH excluding ortho intramolecular Hbond substituents is 1. The Balaban J connectivity index is 1.80. The fourth-order valence-corrected chi connectivity index (χ4v) is 3.41. The second-order valence-electron chi connectivity index (χ2n) is 8.13. The van der Waals surface area contributed by atoms with E-state index in [1.54, 1.807) is 31.3 Å². The first-order chi connectivity index (χ1) is 13.9. The topological polar surface area (TPSA) is 50.1 Å². The highest BCUT2D eigenvalue weighted by molar-refractivity contribution is 5.68. The molecule has 3 aromatic rings. The summed E-state index contributed by atoms with van der Waals surface area (Å²) in [6.07, 6.45) is 0. The standard InChI is InChI=1S/C23H26F3N3O/c1-14-6-8-16(11-18(14)22(2,3)24)27-13-15-7-9-17(20(30)10-15)19-12-21(23(4,25)26)28-29(19)5/h6-12,27,30H,13H2,1-5H3. The molecule has 0 amide bonds. The number of benzene rings is 2. The summed E-state index contributed by atoms with van der Waals surface area (Å²) in [5.74, 6) is -3.09. The van der Waals surface area contributed by atoms with Crippen molar-refractivity contribution < 1.29 is 18.3 Å². The number of anilines is 1. The number of nitrogens with one attached hydrogen (secondary N) is 1. The lowest BCUT2D eigenvalue weighted by Gasteiger charge is -2.19. The fraction of sp³-hybridized carbons (Fsp3) is 0.348. The third-order valence-corrected chi connectivity index (χ3v) is 5.04. The molecule has 3 rings (SSSR count). The Hall–Kier alpha value is -2.96. The van der Waals surface area contributed by atoms with Crippen molar-refractivity contribution in [3.63, 3.8) is 0 Å².